The molecule has 24 heavy (non-hydrogen) atoms. The summed E-state index contributed by atoms with van der Waals surface area (Å²) >= 11 is 0. The number of esters is 1. The SMILES string of the molecule is COC(=O)c1cccc(Cn2ccnc2-c2ccccc2OC)c1. The predicted molar refractivity (Wildman–Crippen MR) is 91.1 cm³/mol. The van der Waals surface area contributed by atoms with Gasteiger partial charge in [0.25, 0.3) is 0 Å². The summed E-state index contributed by atoms with van der Waals surface area (Å²) in [4.78, 5) is 16.1. The van der Waals surface area contributed by atoms with Crippen molar-refractivity contribution in [2.24, 2.45) is 0 Å². The third-order valence-electron chi connectivity index (χ3n) is 3.76. The maximum atomic E-state index is 11.7. The molecule has 0 amide bonds. The van der Waals surface area contributed by atoms with Crippen molar-refractivity contribution >= 4 is 5.97 Å². The van der Waals surface area contributed by atoms with Crippen molar-refractivity contribution in [1.82, 2.24) is 9.55 Å². The summed E-state index contributed by atoms with van der Waals surface area (Å²) in [5, 5.41) is 0. The molecule has 0 aliphatic carbocycles. The highest BCUT2D eigenvalue weighted by atomic mass is 16.5. The smallest absolute Gasteiger partial charge is 0.337 e. The molecule has 0 aliphatic rings. The maximum Gasteiger partial charge on any atom is 0.337 e. The van der Waals surface area contributed by atoms with Crippen LogP contribution in [0.25, 0.3) is 11.4 Å². The van der Waals surface area contributed by atoms with E-state index in [1.165, 1.54) is 7.11 Å². The number of imidazole rings is 1. The number of ether oxygens (including phenoxy) is 2. The Labute approximate surface area is 140 Å². The summed E-state index contributed by atoms with van der Waals surface area (Å²) in [6.45, 7) is 0.595. The number of hydrogen-bond acceptors (Lipinski definition) is 4. The molecule has 5 heteroatoms. The lowest BCUT2D eigenvalue weighted by atomic mass is 10.1. The van der Waals surface area contributed by atoms with Crippen LogP contribution in [0.4, 0.5) is 0 Å². The van der Waals surface area contributed by atoms with Gasteiger partial charge in [-0.25, -0.2) is 9.78 Å². The minimum Gasteiger partial charge on any atom is -0.496 e. The molecule has 1 heterocycles. The van der Waals surface area contributed by atoms with Gasteiger partial charge in [0.05, 0.1) is 25.3 Å². The first kappa shape index (κ1) is 15.8. The molecule has 0 atom stereocenters. The van der Waals surface area contributed by atoms with Crippen molar-refractivity contribution in [3.63, 3.8) is 0 Å². The van der Waals surface area contributed by atoms with Crippen LogP contribution in [-0.2, 0) is 11.3 Å². The van der Waals surface area contributed by atoms with Crippen LogP contribution in [-0.4, -0.2) is 29.7 Å². The Morgan fingerprint density at radius 1 is 1.12 bits per heavy atom. The van der Waals surface area contributed by atoms with Crippen LogP contribution in [0.5, 0.6) is 5.75 Å². The van der Waals surface area contributed by atoms with Gasteiger partial charge in [0.1, 0.15) is 11.6 Å². The molecule has 1 aromatic heterocycles. The Balaban J connectivity index is 1.93. The average Bonchev–Trinajstić information content (AvgIpc) is 3.09. The Morgan fingerprint density at radius 2 is 1.96 bits per heavy atom. The second kappa shape index (κ2) is 7.00. The van der Waals surface area contributed by atoms with Gasteiger partial charge in [0.15, 0.2) is 0 Å². The van der Waals surface area contributed by atoms with Gasteiger partial charge in [0.2, 0.25) is 0 Å². The number of carbonyl (C=O) groups is 1. The van der Waals surface area contributed by atoms with E-state index in [9.17, 15) is 4.79 Å². The Hall–Kier alpha value is -3.08. The summed E-state index contributed by atoms with van der Waals surface area (Å²) in [5.41, 5.74) is 2.45. The molecule has 0 aliphatic heterocycles. The Kier molecular flexibility index (Phi) is 4.61. The molecule has 0 spiro atoms. The van der Waals surface area contributed by atoms with E-state index in [4.69, 9.17) is 9.47 Å². The van der Waals surface area contributed by atoms with Gasteiger partial charge in [-0.3, -0.25) is 0 Å². The Bertz CT molecular complexity index is 855. The van der Waals surface area contributed by atoms with Crippen molar-refractivity contribution in [1.29, 1.82) is 0 Å². The largest absolute Gasteiger partial charge is 0.496 e. The normalized spacial score (nSPS) is 10.4. The van der Waals surface area contributed by atoms with Gasteiger partial charge in [-0.1, -0.05) is 24.3 Å². The van der Waals surface area contributed by atoms with Crippen LogP contribution < -0.4 is 4.74 Å². The van der Waals surface area contributed by atoms with Gasteiger partial charge < -0.3 is 14.0 Å². The third kappa shape index (κ3) is 3.15. The molecule has 2 aromatic carbocycles. The van der Waals surface area contributed by atoms with E-state index >= 15 is 0 Å². The first-order valence-corrected chi connectivity index (χ1v) is 7.54. The molecule has 0 saturated heterocycles. The van der Waals surface area contributed by atoms with Gasteiger partial charge >= 0.3 is 5.97 Å². The van der Waals surface area contributed by atoms with Crippen molar-refractivity contribution < 1.29 is 14.3 Å². The van der Waals surface area contributed by atoms with Crippen molar-refractivity contribution in [2.45, 2.75) is 6.54 Å². The maximum absolute atomic E-state index is 11.7. The molecule has 3 aromatic rings. The quantitative estimate of drug-likeness (QED) is 0.676. The second-order valence-corrected chi connectivity index (χ2v) is 5.27. The van der Waals surface area contributed by atoms with Crippen molar-refractivity contribution in [2.75, 3.05) is 14.2 Å². The van der Waals surface area contributed by atoms with Crippen LogP contribution in [0.15, 0.2) is 60.9 Å². The topological polar surface area (TPSA) is 53.4 Å². The van der Waals surface area contributed by atoms with Crippen LogP contribution in [0.1, 0.15) is 15.9 Å². The van der Waals surface area contributed by atoms with Gasteiger partial charge in [0, 0.05) is 18.9 Å². The average molecular weight is 322 g/mol. The number of para-hydroxylation sites is 1. The molecule has 0 bridgehead atoms. The van der Waals surface area contributed by atoms with E-state index in [1.54, 1.807) is 19.4 Å². The van der Waals surface area contributed by atoms with Gasteiger partial charge in [-0.15, -0.1) is 0 Å². The molecular weight excluding hydrogens is 304 g/mol. The first-order valence-electron chi connectivity index (χ1n) is 7.54. The minimum absolute atomic E-state index is 0.340. The summed E-state index contributed by atoms with van der Waals surface area (Å²) in [6.07, 6.45) is 3.67. The van der Waals surface area contributed by atoms with Crippen molar-refractivity contribution in [3.05, 3.63) is 72.1 Å². The van der Waals surface area contributed by atoms with E-state index < -0.39 is 0 Å². The highest BCUT2D eigenvalue weighted by molar-refractivity contribution is 5.89. The monoisotopic (exact) mass is 322 g/mol. The molecule has 0 radical (unpaired) electrons. The highest BCUT2D eigenvalue weighted by Crippen LogP contribution is 2.28. The number of methoxy groups -OCH3 is 2. The lowest BCUT2D eigenvalue weighted by Gasteiger charge is -2.11. The lowest BCUT2D eigenvalue weighted by molar-refractivity contribution is 0.0600. The molecule has 5 nitrogen and oxygen atoms in total. The van der Waals surface area contributed by atoms with Crippen LogP contribution in [0.2, 0.25) is 0 Å². The lowest BCUT2D eigenvalue weighted by Crippen LogP contribution is -2.05. The predicted octanol–water partition coefficient (Wildman–Crippen LogP) is 3.39. The number of rotatable bonds is 5. The number of hydrogen-bond donors (Lipinski definition) is 0. The summed E-state index contributed by atoms with van der Waals surface area (Å²) < 4.78 is 12.2. The van der Waals surface area contributed by atoms with Crippen LogP contribution in [0, 0.1) is 0 Å². The fraction of sp³-hybridized carbons (Fsp3) is 0.158. The summed E-state index contributed by atoms with van der Waals surface area (Å²) in [7, 11) is 3.02. The van der Waals surface area contributed by atoms with Crippen molar-refractivity contribution in [3.8, 4) is 17.1 Å². The van der Waals surface area contributed by atoms with Gasteiger partial charge in [-0.05, 0) is 29.8 Å². The van der Waals surface area contributed by atoms with Crippen LogP contribution >= 0.6 is 0 Å². The zero-order valence-electron chi connectivity index (χ0n) is 13.6. The van der Waals surface area contributed by atoms with E-state index in [0.29, 0.717) is 12.1 Å². The zero-order chi connectivity index (χ0) is 16.9. The number of aromatic nitrogens is 2. The van der Waals surface area contributed by atoms with Crippen LogP contribution in [0.3, 0.4) is 0 Å². The van der Waals surface area contributed by atoms with E-state index in [2.05, 4.69) is 4.98 Å². The molecule has 3 rings (SSSR count). The highest BCUT2D eigenvalue weighted by Gasteiger charge is 2.12. The zero-order valence-corrected chi connectivity index (χ0v) is 13.6. The van der Waals surface area contributed by atoms with Gasteiger partial charge in [-0.2, -0.15) is 0 Å². The number of nitrogens with zero attached hydrogens (tertiary/aromatic N) is 2. The fourth-order valence-electron chi connectivity index (χ4n) is 2.62. The first-order chi connectivity index (χ1) is 11.7. The number of carbonyl (C=O) groups excluding carboxylic acids is 1. The third-order valence-corrected chi connectivity index (χ3v) is 3.76. The summed E-state index contributed by atoms with van der Waals surface area (Å²) in [6, 6.07) is 15.2. The standard InChI is InChI=1S/C19H18N2O3/c1-23-17-9-4-3-8-16(17)18-20-10-11-21(18)13-14-6-5-7-15(12-14)19(22)24-2/h3-12H,13H2,1-2H3. The summed E-state index contributed by atoms with van der Waals surface area (Å²) in [5.74, 6) is 1.25. The molecule has 0 saturated carbocycles. The van der Waals surface area contributed by atoms with E-state index in [1.807, 2.05) is 53.2 Å². The molecule has 0 unspecified atom stereocenters. The van der Waals surface area contributed by atoms with E-state index in [-0.39, 0.29) is 5.97 Å². The minimum atomic E-state index is -0.340. The second-order valence-electron chi connectivity index (χ2n) is 5.27. The van der Waals surface area contributed by atoms with E-state index in [0.717, 1.165) is 22.7 Å². The molecule has 0 N–H and O–H groups in total. The Morgan fingerprint density at radius 3 is 2.75 bits per heavy atom. The fourth-order valence-corrected chi connectivity index (χ4v) is 2.62. The molecule has 122 valence electrons. The molecule has 0 fully saturated rings. The molecular formula is C19H18N2O3. The number of benzene rings is 2.